The lowest BCUT2D eigenvalue weighted by atomic mass is 9.49. The Morgan fingerprint density at radius 3 is 2.36 bits per heavy atom. The van der Waals surface area contributed by atoms with Gasteiger partial charge in [0.2, 0.25) is 5.91 Å². The van der Waals surface area contributed by atoms with E-state index in [4.69, 9.17) is 5.26 Å². The van der Waals surface area contributed by atoms with Crippen molar-refractivity contribution in [2.24, 2.45) is 23.2 Å². The molecule has 6 rings (SSSR count). The van der Waals surface area contributed by atoms with Gasteiger partial charge < -0.3 is 10.2 Å². The average molecular weight is 378 g/mol. The number of benzene rings is 1. The number of nitriles is 1. The van der Waals surface area contributed by atoms with Gasteiger partial charge in [0, 0.05) is 31.1 Å². The summed E-state index contributed by atoms with van der Waals surface area (Å²) >= 11 is 0. The van der Waals surface area contributed by atoms with Crippen molar-refractivity contribution in [2.75, 3.05) is 19.6 Å². The fourth-order valence-corrected chi connectivity index (χ4v) is 6.91. The summed E-state index contributed by atoms with van der Waals surface area (Å²) in [5.41, 5.74) is 1.97. The molecule has 4 heteroatoms. The van der Waals surface area contributed by atoms with Crippen LogP contribution in [0.3, 0.4) is 0 Å². The van der Waals surface area contributed by atoms with Gasteiger partial charge in [-0.1, -0.05) is 12.1 Å². The van der Waals surface area contributed by atoms with Gasteiger partial charge in [-0.15, -0.1) is 0 Å². The standard InChI is InChI=1S/C24H31N3O/c25-15-18-3-1-17(2-4-18)5-7-27-8-6-22(16-27)26-23(28)24-12-19-9-20(13-24)11-21(10-19)14-24/h1-4,19-22H,5-14,16H2,(H,26,28)/t19?,20?,21?,22-,24?/m0/s1. The van der Waals surface area contributed by atoms with E-state index in [1.165, 1.54) is 24.8 Å². The Morgan fingerprint density at radius 1 is 1.11 bits per heavy atom. The first-order valence-corrected chi connectivity index (χ1v) is 11.1. The van der Waals surface area contributed by atoms with Gasteiger partial charge in [-0.05, 0) is 86.8 Å². The summed E-state index contributed by atoms with van der Waals surface area (Å²) in [6.07, 6.45) is 9.70. The van der Waals surface area contributed by atoms with Crippen LogP contribution in [0.2, 0.25) is 0 Å². The summed E-state index contributed by atoms with van der Waals surface area (Å²) < 4.78 is 0. The van der Waals surface area contributed by atoms with Gasteiger partial charge in [0.25, 0.3) is 0 Å². The van der Waals surface area contributed by atoms with Crippen LogP contribution < -0.4 is 5.32 Å². The van der Waals surface area contributed by atoms with E-state index in [-0.39, 0.29) is 5.41 Å². The van der Waals surface area contributed by atoms with Gasteiger partial charge in [-0.3, -0.25) is 4.79 Å². The maximum absolute atomic E-state index is 13.2. The molecule has 4 nitrogen and oxygen atoms in total. The van der Waals surface area contributed by atoms with Crippen molar-refractivity contribution in [2.45, 2.75) is 57.4 Å². The number of rotatable bonds is 5. The Balaban J connectivity index is 1.12. The van der Waals surface area contributed by atoms with Gasteiger partial charge in [0.05, 0.1) is 11.6 Å². The lowest BCUT2D eigenvalue weighted by Gasteiger charge is -2.55. The first-order valence-electron chi connectivity index (χ1n) is 11.1. The van der Waals surface area contributed by atoms with Gasteiger partial charge in [-0.2, -0.15) is 5.26 Å². The first-order chi connectivity index (χ1) is 13.6. The lowest BCUT2D eigenvalue weighted by molar-refractivity contribution is -0.146. The Hall–Kier alpha value is -1.86. The Labute approximate surface area is 168 Å². The molecule has 28 heavy (non-hydrogen) atoms. The fourth-order valence-electron chi connectivity index (χ4n) is 6.91. The number of nitrogens with one attached hydrogen (secondary N) is 1. The van der Waals surface area contributed by atoms with Crippen molar-refractivity contribution < 1.29 is 4.79 Å². The van der Waals surface area contributed by atoms with E-state index in [1.54, 1.807) is 0 Å². The largest absolute Gasteiger partial charge is 0.352 e. The number of likely N-dealkylation sites (tertiary alicyclic amines) is 1. The number of hydrogen-bond donors (Lipinski definition) is 1. The van der Waals surface area contributed by atoms with Crippen LogP contribution in [0.15, 0.2) is 24.3 Å². The molecule has 1 amide bonds. The minimum absolute atomic E-state index is 0.0232. The molecule has 1 N–H and O–H groups in total. The van der Waals surface area contributed by atoms with Crippen molar-refractivity contribution in [3.05, 3.63) is 35.4 Å². The topological polar surface area (TPSA) is 56.1 Å². The molecule has 4 aliphatic carbocycles. The highest BCUT2D eigenvalue weighted by Gasteiger charge is 2.54. The minimum atomic E-state index is -0.0232. The highest BCUT2D eigenvalue weighted by molar-refractivity contribution is 5.83. The lowest BCUT2D eigenvalue weighted by Crippen LogP contribution is -2.55. The molecule has 1 aromatic rings. The monoisotopic (exact) mass is 377 g/mol. The molecular formula is C24H31N3O. The summed E-state index contributed by atoms with van der Waals surface area (Å²) in [7, 11) is 0. The Morgan fingerprint density at radius 2 is 1.75 bits per heavy atom. The number of nitrogens with zero attached hydrogens (tertiary/aromatic N) is 2. The molecule has 1 aliphatic heterocycles. The smallest absolute Gasteiger partial charge is 0.226 e. The van der Waals surface area contributed by atoms with E-state index < -0.39 is 0 Å². The van der Waals surface area contributed by atoms with Crippen LogP contribution in [0.1, 0.15) is 56.1 Å². The van der Waals surface area contributed by atoms with E-state index in [2.05, 4.69) is 28.4 Å². The van der Waals surface area contributed by atoms with Crippen LogP contribution in [0.5, 0.6) is 0 Å². The van der Waals surface area contributed by atoms with Gasteiger partial charge in [0.1, 0.15) is 0 Å². The second-order valence-electron chi connectivity index (χ2n) is 10.0. The Bertz CT molecular complexity index is 743. The van der Waals surface area contributed by atoms with Gasteiger partial charge >= 0.3 is 0 Å². The maximum atomic E-state index is 13.2. The maximum Gasteiger partial charge on any atom is 0.226 e. The van der Waals surface area contributed by atoms with Crippen molar-refractivity contribution in [3.8, 4) is 6.07 Å². The number of amides is 1. The molecule has 0 unspecified atom stereocenters. The molecule has 0 aromatic heterocycles. The quantitative estimate of drug-likeness (QED) is 0.854. The second-order valence-corrected chi connectivity index (χ2v) is 10.0. The molecule has 1 saturated heterocycles. The van der Waals surface area contributed by atoms with Crippen LogP contribution in [0.25, 0.3) is 0 Å². The predicted molar refractivity (Wildman–Crippen MR) is 108 cm³/mol. The minimum Gasteiger partial charge on any atom is -0.352 e. The zero-order valence-corrected chi connectivity index (χ0v) is 16.7. The van der Waals surface area contributed by atoms with Gasteiger partial charge in [0.15, 0.2) is 0 Å². The highest BCUT2D eigenvalue weighted by atomic mass is 16.2. The molecule has 5 aliphatic rings. The third kappa shape index (κ3) is 3.46. The molecule has 5 fully saturated rings. The molecule has 1 aromatic carbocycles. The molecule has 1 atom stereocenters. The number of carbonyl (C=O) groups is 1. The average Bonchev–Trinajstić information content (AvgIpc) is 3.13. The predicted octanol–water partition coefficient (Wildman–Crippen LogP) is 3.51. The Kier molecular flexibility index (Phi) is 4.67. The molecule has 0 radical (unpaired) electrons. The van der Waals surface area contributed by atoms with Crippen molar-refractivity contribution in [1.82, 2.24) is 10.2 Å². The summed E-state index contributed by atoms with van der Waals surface area (Å²) in [6.45, 7) is 3.08. The summed E-state index contributed by atoms with van der Waals surface area (Å²) in [5.74, 6) is 2.85. The van der Waals surface area contributed by atoms with Crippen molar-refractivity contribution in [3.63, 3.8) is 0 Å². The molecule has 4 bridgehead atoms. The second kappa shape index (κ2) is 7.19. The molecule has 1 heterocycles. The van der Waals surface area contributed by atoms with Crippen LogP contribution in [0.4, 0.5) is 0 Å². The zero-order valence-electron chi connectivity index (χ0n) is 16.7. The first kappa shape index (κ1) is 18.2. The van der Waals surface area contributed by atoms with Gasteiger partial charge in [-0.25, -0.2) is 0 Å². The third-order valence-electron chi connectivity index (χ3n) is 7.93. The van der Waals surface area contributed by atoms with Crippen LogP contribution in [0, 0.1) is 34.5 Å². The molecule has 0 spiro atoms. The van der Waals surface area contributed by atoms with E-state index in [9.17, 15) is 4.79 Å². The fraction of sp³-hybridized carbons (Fsp3) is 0.667. The molecule has 4 saturated carbocycles. The van der Waals surface area contributed by atoms with Crippen molar-refractivity contribution in [1.29, 1.82) is 5.26 Å². The number of hydrogen-bond acceptors (Lipinski definition) is 3. The SMILES string of the molecule is N#Cc1ccc(CCN2CC[C@H](NC(=O)C34CC5CC(CC(C5)C3)C4)C2)cc1. The highest BCUT2D eigenvalue weighted by Crippen LogP contribution is 2.60. The molecule has 148 valence electrons. The molecular weight excluding hydrogens is 346 g/mol. The third-order valence-corrected chi connectivity index (χ3v) is 7.93. The summed E-state index contributed by atoms with van der Waals surface area (Å²) in [4.78, 5) is 15.7. The van der Waals surface area contributed by atoms with E-state index >= 15 is 0 Å². The number of carbonyl (C=O) groups excluding carboxylic acids is 1. The normalized spacial score (nSPS) is 36.4. The van der Waals surface area contributed by atoms with E-state index in [0.717, 1.165) is 75.1 Å². The zero-order chi connectivity index (χ0) is 19.1. The van der Waals surface area contributed by atoms with Crippen LogP contribution >= 0.6 is 0 Å². The van der Waals surface area contributed by atoms with E-state index in [0.29, 0.717) is 11.9 Å². The summed E-state index contributed by atoms with van der Waals surface area (Å²) in [5, 5.41) is 12.4. The van der Waals surface area contributed by atoms with Crippen molar-refractivity contribution >= 4 is 5.91 Å². The summed E-state index contributed by atoms with van der Waals surface area (Å²) in [6, 6.07) is 10.4. The van der Waals surface area contributed by atoms with Crippen LogP contribution in [-0.2, 0) is 11.2 Å². The van der Waals surface area contributed by atoms with E-state index in [1.807, 2.05) is 12.1 Å². The van der Waals surface area contributed by atoms with Crippen LogP contribution in [-0.4, -0.2) is 36.5 Å².